The van der Waals surface area contributed by atoms with Gasteiger partial charge in [-0.1, -0.05) is 0 Å². The van der Waals surface area contributed by atoms with Crippen molar-refractivity contribution >= 4 is 12.0 Å². The Bertz CT molecular complexity index is 823. The maximum Gasteiger partial charge on any atom is 0.409 e. The van der Waals surface area contributed by atoms with Crippen molar-refractivity contribution in [3.63, 3.8) is 0 Å². The Morgan fingerprint density at radius 2 is 1.75 bits per heavy atom. The lowest BCUT2D eigenvalue weighted by atomic mass is 10.2. The Morgan fingerprint density at radius 1 is 1.11 bits per heavy atom. The molecule has 0 aliphatic carbocycles. The van der Waals surface area contributed by atoms with Crippen LogP contribution in [0.4, 0.5) is 4.79 Å². The van der Waals surface area contributed by atoms with E-state index in [2.05, 4.69) is 4.98 Å². The van der Waals surface area contributed by atoms with Gasteiger partial charge in [0.25, 0.3) is 0 Å². The third-order valence-corrected chi connectivity index (χ3v) is 4.71. The number of hydrogen-bond acceptors (Lipinski definition) is 6. The Balaban J connectivity index is 1.60. The van der Waals surface area contributed by atoms with Crippen molar-refractivity contribution in [1.82, 2.24) is 14.8 Å². The molecule has 2 aromatic rings. The van der Waals surface area contributed by atoms with Crippen LogP contribution in [-0.4, -0.2) is 66.7 Å². The molecular formula is C20H25N3O5. The first-order valence-electron chi connectivity index (χ1n) is 9.32. The van der Waals surface area contributed by atoms with Crippen LogP contribution in [-0.2, 0) is 16.0 Å². The molecule has 28 heavy (non-hydrogen) atoms. The van der Waals surface area contributed by atoms with E-state index in [1.54, 1.807) is 30.8 Å². The molecule has 0 N–H and O–H groups in total. The lowest BCUT2D eigenvalue weighted by Gasteiger charge is -2.34. The third kappa shape index (κ3) is 4.44. The highest BCUT2D eigenvalue weighted by Crippen LogP contribution is 2.24. The third-order valence-electron chi connectivity index (χ3n) is 4.71. The highest BCUT2D eigenvalue weighted by Gasteiger charge is 2.26. The molecule has 1 aromatic heterocycles. The SMILES string of the molecule is CCOC(=O)N1CCN(C(=O)Cc2nc(-c3ccc(OC)cc3)oc2C)CC1. The molecule has 1 aromatic carbocycles. The van der Waals surface area contributed by atoms with E-state index in [9.17, 15) is 9.59 Å². The number of ether oxygens (including phenoxy) is 2. The van der Waals surface area contributed by atoms with Gasteiger partial charge in [-0.2, -0.15) is 0 Å². The van der Waals surface area contributed by atoms with E-state index in [0.717, 1.165) is 11.3 Å². The zero-order chi connectivity index (χ0) is 20.1. The van der Waals surface area contributed by atoms with E-state index in [1.165, 1.54) is 0 Å². The quantitative estimate of drug-likeness (QED) is 0.784. The Hall–Kier alpha value is -3.03. The minimum Gasteiger partial charge on any atom is -0.497 e. The number of aromatic nitrogens is 1. The zero-order valence-electron chi connectivity index (χ0n) is 16.4. The molecule has 0 spiro atoms. The van der Waals surface area contributed by atoms with Crippen LogP contribution < -0.4 is 4.74 Å². The fraction of sp³-hybridized carbons (Fsp3) is 0.450. The Morgan fingerprint density at radius 3 is 2.36 bits per heavy atom. The number of nitrogens with zero attached hydrogens (tertiary/aromatic N) is 3. The molecule has 2 heterocycles. The number of piperazine rings is 1. The second kappa shape index (κ2) is 8.77. The van der Waals surface area contributed by atoms with Gasteiger partial charge in [-0.05, 0) is 38.1 Å². The molecule has 1 saturated heterocycles. The van der Waals surface area contributed by atoms with Gasteiger partial charge in [0, 0.05) is 31.7 Å². The first-order valence-corrected chi connectivity index (χ1v) is 9.32. The van der Waals surface area contributed by atoms with Gasteiger partial charge >= 0.3 is 6.09 Å². The van der Waals surface area contributed by atoms with Crippen molar-refractivity contribution in [1.29, 1.82) is 0 Å². The van der Waals surface area contributed by atoms with Crippen molar-refractivity contribution in [3.05, 3.63) is 35.7 Å². The summed E-state index contributed by atoms with van der Waals surface area (Å²) in [5.41, 5.74) is 1.45. The largest absolute Gasteiger partial charge is 0.497 e. The van der Waals surface area contributed by atoms with Crippen molar-refractivity contribution in [2.24, 2.45) is 0 Å². The van der Waals surface area contributed by atoms with E-state index in [1.807, 2.05) is 24.3 Å². The monoisotopic (exact) mass is 387 g/mol. The molecular weight excluding hydrogens is 362 g/mol. The number of oxazole rings is 1. The minimum absolute atomic E-state index is 0.0267. The summed E-state index contributed by atoms with van der Waals surface area (Å²) in [5.74, 6) is 1.84. The standard InChI is InChI=1S/C20H25N3O5/c1-4-27-20(25)23-11-9-22(10-12-23)18(24)13-17-14(2)28-19(21-17)15-5-7-16(26-3)8-6-15/h5-8H,4,9-13H2,1-3H3. The normalized spacial score (nSPS) is 14.1. The van der Waals surface area contributed by atoms with Gasteiger partial charge in [-0.25, -0.2) is 9.78 Å². The maximum atomic E-state index is 12.6. The van der Waals surface area contributed by atoms with Gasteiger partial charge < -0.3 is 23.7 Å². The van der Waals surface area contributed by atoms with Crippen LogP contribution in [0.3, 0.4) is 0 Å². The predicted molar refractivity (Wildman–Crippen MR) is 102 cm³/mol. The molecule has 0 unspecified atom stereocenters. The summed E-state index contributed by atoms with van der Waals surface area (Å²) >= 11 is 0. The van der Waals surface area contributed by atoms with Crippen molar-refractivity contribution in [2.75, 3.05) is 39.9 Å². The summed E-state index contributed by atoms with van der Waals surface area (Å²) in [6, 6.07) is 7.40. The fourth-order valence-corrected chi connectivity index (χ4v) is 3.06. The van der Waals surface area contributed by atoms with Gasteiger partial charge in [0.15, 0.2) is 0 Å². The summed E-state index contributed by atoms with van der Waals surface area (Å²) in [5, 5.41) is 0. The average molecular weight is 387 g/mol. The molecule has 2 amide bonds. The number of carbonyl (C=O) groups is 2. The number of hydrogen-bond donors (Lipinski definition) is 0. The van der Waals surface area contributed by atoms with Crippen LogP contribution in [0.5, 0.6) is 5.75 Å². The Kier molecular flexibility index (Phi) is 6.18. The van der Waals surface area contributed by atoms with Crippen LogP contribution in [0.15, 0.2) is 28.7 Å². The van der Waals surface area contributed by atoms with Crippen LogP contribution in [0.1, 0.15) is 18.4 Å². The smallest absolute Gasteiger partial charge is 0.409 e. The van der Waals surface area contributed by atoms with E-state index < -0.39 is 0 Å². The van der Waals surface area contributed by atoms with Crippen molar-refractivity contribution < 1.29 is 23.5 Å². The molecule has 0 saturated carbocycles. The molecule has 1 fully saturated rings. The van der Waals surface area contributed by atoms with Gasteiger partial charge in [0.05, 0.1) is 25.8 Å². The average Bonchev–Trinajstić information content (AvgIpc) is 3.08. The first-order chi connectivity index (χ1) is 13.5. The van der Waals surface area contributed by atoms with Gasteiger partial charge in [-0.15, -0.1) is 0 Å². The van der Waals surface area contributed by atoms with Crippen LogP contribution in [0, 0.1) is 6.92 Å². The summed E-state index contributed by atoms with van der Waals surface area (Å²) in [4.78, 5) is 32.3. The van der Waals surface area contributed by atoms with Crippen LogP contribution >= 0.6 is 0 Å². The molecule has 1 aliphatic rings. The van der Waals surface area contributed by atoms with Crippen molar-refractivity contribution in [2.45, 2.75) is 20.3 Å². The number of rotatable bonds is 5. The molecule has 0 atom stereocenters. The molecule has 8 heteroatoms. The summed E-state index contributed by atoms with van der Waals surface area (Å²) in [6.07, 6.45) is -0.156. The molecule has 1 aliphatic heterocycles. The number of methoxy groups -OCH3 is 1. The number of amides is 2. The van der Waals surface area contributed by atoms with E-state index in [4.69, 9.17) is 13.9 Å². The number of aryl methyl sites for hydroxylation is 1. The van der Waals surface area contributed by atoms with E-state index in [0.29, 0.717) is 50.1 Å². The first kappa shape index (κ1) is 19.7. The molecule has 150 valence electrons. The summed E-state index contributed by atoms with van der Waals surface area (Å²) < 4.78 is 15.9. The highest BCUT2D eigenvalue weighted by atomic mass is 16.6. The van der Waals surface area contributed by atoms with Gasteiger partial charge in [0.1, 0.15) is 11.5 Å². The zero-order valence-corrected chi connectivity index (χ0v) is 16.4. The molecule has 0 radical (unpaired) electrons. The fourth-order valence-electron chi connectivity index (χ4n) is 3.06. The molecule has 0 bridgehead atoms. The van der Waals surface area contributed by atoms with Crippen LogP contribution in [0.25, 0.3) is 11.5 Å². The minimum atomic E-state index is -0.328. The lowest BCUT2D eigenvalue weighted by Crippen LogP contribution is -2.51. The predicted octanol–water partition coefficient (Wildman–Crippen LogP) is 2.50. The maximum absolute atomic E-state index is 12.6. The van der Waals surface area contributed by atoms with Crippen molar-refractivity contribution in [3.8, 4) is 17.2 Å². The summed E-state index contributed by atoms with van der Waals surface area (Å²) in [6.45, 7) is 5.85. The molecule has 3 rings (SSSR count). The van der Waals surface area contributed by atoms with Gasteiger partial charge in [-0.3, -0.25) is 4.79 Å². The van der Waals surface area contributed by atoms with E-state index in [-0.39, 0.29) is 18.4 Å². The second-order valence-electron chi connectivity index (χ2n) is 6.49. The number of carbonyl (C=O) groups excluding carboxylic acids is 2. The summed E-state index contributed by atoms with van der Waals surface area (Å²) in [7, 11) is 1.61. The van der Waals surface area contributed by atoms with Gasteiger partial charge in [0.2, 0.25) is 11.8 Å². The van der Waals surface area contributed by atoms with E-state index >= 15 is 0 Å². The highest BCUT2D eigenvalue weighted by molar-refractivity contribution is 5.79. The topological polar surface area (TPSA) is 85.1 Å². The number of benzene rings is 1. The second-order valence-corrected chi connectivity index (χ2v) is 6.49. The molecule has 8 nitrogen and oxygen atoms in total. The van der Waals surface area contributed by atoms with Crippen LogP contribution in [0.2, 0.25) is 0 Å². The lowest BCUT2D eigenvalue weighted by molar-refractivity contribution is -0.132. The Labute approximate surface area is 164 Å².